The third-order valence-corrected chi connectivity index (χ3v) is 6.29. The van der Waals surface area contributed by atoms with Gasteiger partial charge in [0.2, 0.25) is 0 Å². The summed E-state index contributed by atoms with van der Waals surface area (Å²) in [6.07, 6.45) is -6.51. The molecule has 0 aliphatic carbocycles. The van der Waals surface area contributed by atoms with Gasteiger partial charge in [0.25, 0.3) is 17.7 Å². The van der Waals surface area contributed by atoms with Crippen LogP contribution in [-0.4, -0.2) is 80.8 Å². The number of rotatable bonds is 9. The Hall–Kier alpha value is -3.40. The molecule has 0 spiro atoms. The van der Waals surface area contributed by atoms with E-state index in [1.54, 1.807) is 0 Å². The second-order valence-electron chi connectivity index (χ2n) is 7.63. The Morgan fingerprint density at radius 2 is 1.92 bits per heavy atom. The largest absolute Gasteiger partial charge is 0.491 e. The van der Waals surface area contributed by atoms with Gasteiger partial charge in [-0.2, -0.15) is 0 Å². The number of aliphatic hydroxyl groups is 1. The van der Waals surface area contributed by atoms with E-state index in [-0.39, 0.29) is 30.5 Å². The van der Waals surface area contributed by atoms with E-state index in [9.17, 15) is 32.3 Å². The summed E-state index contributed by atoms with van der Waals surface area (Å²) in [7, 11) is 0. The van der Waals surface area contributed by atoms with Crippen molar-refractivity contribution in [2.45, 2.75) is 12.3 Å². The SMILES string of the molecule is O=C(N[C@H](CNC(=O)c1ccc(Cl)s1)C(=O)N(c1ccc(N2CCOCC2=O)cc1)C(F)(F)F)OCCO. The van der Waals surface area contributed by atoms with Crippen molar-refractivity contribution in [1.29, 1.82) is 0 Å². The quantitative estimate of drug-likeness (QED) is 0.388. The minimum Gasteiger partial charge on any atom is -0.447 e. The third kappa shape index (κ3) is 7.56. The summed E-state index contributed by atoms with van der Waals surface area (Å²) in [5, 5.41) is 13.1. The van der Waals surface area contributed by atoms with Gasteiger partial charge < -0.3 is 30.1 Å². The van der Waals surface area contributed by atoms with Crippen molar-refractivity contribution in [2.75, 3.05) is 49.3 Å². The summed E-state index contributed by atoms with van der Waals surface area (Å²) in [6, 6.07) is 5.38. The number of anilines is 2. The Balaban J connectivity index is 1.84. The molecule has 1 aliphatic rings. The molecule has 16 heteroatoms. The Morgan fingerprint density at radius 1 is 1.21 bits per heavy atom. The molecule has 1 fully saturated rings. The van der Waals surface area contributed by atoms with E-state index in [0.717, 1.165) is 23.5 Å². The van der Waals surface area contributed by atoms with Crippen LogP contribution in [0.1, 0.15) is 9.67 Å². The van der Waals surface area contributed by atoms with E-state index in [1.165, 1.54) is 29.2 Å². The Bertz CT molecular complexity index is 1160. The van der Waals surface area contributed by atoms with Gasteiger partial charge in [0, 0.05) is 18.8 Å². The zero-order valence-corrected chi connectivity index (χ0v) is 21.1. The maximum atomic E-state index is 14.1. The second-order valence-corrected chi connectivity index (χ2v) is 9.34. The first kappa shape index (κ1) is 29.2. The molecule has 3 rings (SSSR count). The molecule has 0 saturated carbocycles. The number of nitrogens with one attached hydrogen (secondary N) is 2. The number of carbonyl (C=O) groups is 4. The lowest BCUT2D eigenvalue weighted by Gasteiger charge is -2.30. The van der Waals surface area contributed by atoms with Crippen LogP contribution in [-0.2, 0) is 19.1 Å². The summed E-state index contributed by atoms with van der Waals surface area (Å²) in [6.45, 7) is -1.47. The van der Waals surface area contributed by atoms with Gasteiger partial charge >= 0.3 is 12.4 Å². The smallest absolute Gasteiger partial charge is 0.447 e. The number of alkyl carbamates (subject to hydrolysis) is 1. The average Bonchev–Trinajstić information content (AvgIpc) is 3.31. The molecule has 2 aromatic rings. The molecule has 0 bridgehead atoms. The van der Waals surface area contributed by atoms with Crippen molar-refractivity contribution in [3.8, 4) is 0 Å². The molecule has 1 aliphatic heterocycles. The van der Waals surface area contributed by atoms with Gasteiger partial charge in [-0.25, -0.2) is 9.69 Å². The van der Waals surface area contributed by atoms with Crippen LogP contribution in [0.15, 0.2) is 36.4 Å². The van der Waals surface area contributed by atoms with Crippen LogP contribution in [0.2, 0.25) is 4.34 Å². The standard InChI is InChI=1S/C22H22ClF3N4O7S/c23-17-6-5-16(38-17)19(33)27-11-15(28-21(35)37-10-8-31)20(34)30(22(24,25)26)14-3-1-13(2-4-14)29-7-9-36-12-18(29)32/h1-6,15,31H,7-12H2,(H,27,33)(H,28,35)/t15-/m1/s1. The lowest BCUT2D eigenvalue weighted by Crippen LogP contribution is -2.57. The van der Waals surface area contributed by atoms with E-state index in [4.69, 9.17) is 21.4 Å². The molecule has 1 aromatic carbocycles. The van der Waals surface area contributed by atoms with Crippen LogP contribution in [0.5, 0.6) is 0 Å². The zero-order valence-electron chi connectivity index (χ0n) is 19.5. The number of alkyl halides is 3. The maximum Gasteiger partial charge on any atom is 0.491 e. The molecule has 2 heterocycles. The van der Waals surface area contributed by atoms with Gasteiger partial charge in [0.05, 0.1) is 28.1 Å². The van der Waals surface area contributed by atoms with Gasteiger partial charge in [-0.15, -0.1) is 24.5 Å². The fourth-order valence-corrected chi connectivity index (χ4v) is 4.33. The van der Waals surface area contributed by atoms with E-state index < -0.39 is 60.6 Å². The fourth-order valence-electron chi connectivity index (χ4n) is 3.37. The molecular formula is C22H22ClF3N4O7S. The van der Waals surface area contributed by atoms with E-state index in [1.807, 2.05) is 5.32 Å². The monoisotopic (exact) mass is 578 g/mol. The molecule has 1 aromatic heterocycles. The van der Waals surface area contributed by atoms with E-state index >= 15 is 0 Å². The molecule has 0 unspecified atom stereocenters. The van der Waals surface area contributed by atoms with E-state index in [0.29, 0.717) is 10.0 Å². The molecule has 4 amide bonds. The normalized spacial score (nSPS) is 14.6. The summed E-state index contributed by atoms with van der Waals surface area (Å²) in [5.74, 6) is -2.73. The highest BCUT2D eigenvalue weighted by Gasteiger charge is 2.45. The lowest BCUT2D eigenvalue weighted by molar-refractivity contribution is -0.151. The number of benzene rings is 1. The Morgan fingerprint density at radius 3 is 2.50 bits per heavy atom. The molecule has 1 saturated heterocycles. The number of ether oxygens (including phenoxy) is 2. The zero-order chi connectivity index (χ0) is 27.9. The van der Waals surface area contributed by atoms with Gasteiger partial charge in [0.15, 0.2) is 0 Å². The maximum absolute atomic E-state index is 14.1. The number of aliphatic hydroxyl groups excluding tert-OH is 1. The van der Waals surface area contributed by atoms with Crippen LogP contribution in [0.25, 0.3) is 0 Å². The highest BCUT2D eigenvalue weighted by Crippen LogP contribution is 2.31. The van der Waals surface area contributed by atoms with Crippen molar-refractivity contribution in [3.05, 3.63) is 45.6 Å². The van der Waals surface area contributed by atoms with Crippen LogP contribution in [0, 0.1) is 0 Å². The first-order valence-electron chi connectivity index (χ1n) is 11.0. The van der Waals surface area contributed by atoms with Gasteiger partial charge in [-0.3, -0.25) is 14.4 Å². The number of carbonyl (C=O) groups excluding carboxylic acids is 4. The highest BCUT2D eigenvalue weighted by molar-refractivity contribution is 7.18. The van der Waals surface area contributed by atoms with Gasteiger partial charge in [-0.05, 0) is 36.4 Å². The van der Waals surface area contributed by atoms with Crippen LogP contribution >= 0.6 is 22.9 Å². The van der Waals surface area contributed by atoms with Crippen LogP contribution in [0.3, 0.4) is 0 Å². The molecular weight excluding hydrogens is 557 g/mol. The van der Waals surface area contributed by atoms with Gasteiger partial charge in [0.1, 0.15) is 19.3 Å². The second kappa shape index (κ2) is 12.9. The topological polar surface area (TPSA) is 138 Å². The van der Waals surface area contributed by atoms with Crippen LogP contribution in [0.4, 0.5) is 29.3 Å². The summed E-state index contributed by atoms with van der Waals surface area (Å²) >= 11 is 6.70. The summed E-state index contributed by atoms with van der Waals surface area (Å²) < 4.78 is 52.2. The molecule has 38 heavy (non-hydrogen) atoms. The van der Waals surface area contributed by atoms with Crippen molar-refractivity contribution < 1.29 is 46.9 Å². The number of amides is 4. The number of morpholine rings is 1. The van der Waals surface area contributed by atoms with Crippen molar-refractivity contribution in [2.24, 2.45) is 0 Å². The molecule has 3 N–H and O–H groups in total. The third-order valence-electron chi connectivity index (χ3n) is 5.06. The number of halogens is 4. The average molecular weight is 579 g/mol. The predicted molar refractivity (Wildman–Crippen MR) is 130 cm³/mol. The minimum absolute atomic E-state index is 0.130. The number of hydrogen-bond donors (Lipinski definition) is 3. The lowest BCUT2D eigenvalue weighted by atomic mass is 10.2. The van der Waals surface area contributed by atoms with Crippen molar-refractivity contribution >= 4 is 58.1 Å². The van der Waals surface area contributed by atoms with Crippen molar-refractivity contribution in [1.82, 2.24) is 10.6 Å². The molecule has 206 valence electrons. The Labute approximate surface area is 223 Å². The molecule has 11 nitrogen and oxygen atoms in total. The number of hydrogen-bond acceptors (Lipinski definition) is 8. The van der Waals surface area contributed by atoms with Crippen LogP contribution < -0.4 is 20.4 Å². The first-order valence-corrected chi connectivity index (χ1v) is 12.2. The summed E-state index contributed by atoms with van der Waals surface area (Å²) in [5.41, 5.74) is -0.292. The Kier molecular flexibility index (Phi) is 9.90. The highest BCUT2D eigenvalue weighted by atomic mass is 35.5. The fraction of sp³-hybridized carbons (Fsp3) is 0.364. The summed E-state index contributed by atoms with van der Waals surface area (Å²) in [4.78, 5) is 50.5. The first-order chi connectivity index (χ1) is 18.0. The minimum atomic E-state index is -5.23. The molecule has 1 atom stereocenters. The van der Waals surface area contributed by atoms with E-state index in [2.05, 4.69) is 10.1 Å². The van der Waals surface area contributed by atoms with Crippen molar-refractivity contribution in [3.63, 3.8) is 0 Å². The van der Waals surface area contributed by atoms with Gasteiger partial charge in [-0.1, -0.05) is 11.6 Å². The number of nitrogens with zero attached hydrogens (tertiary/aromatic N) is 2. The molecule has 0 radical (unpaired) electrons. The predicted octanol–water partition coefficient (Wildman–Crippen LogP) is 2.13. The number of thiophene rings is 1.